The Kier molecular flexibility index (Phi) is 8.71. The predicted octanol–water partition coefficient (Wildman–Crippen LogP) is 4.77. The molecule has 0 heterocycles. The minimum atomic E-state index is -0.549. The van der Waals surface area contributed by atoms with Gasteiger partial charge in [-0.25, -0.2) is 0 Å². The Morgan fingerprint density at radius 1 is 1.00 bits per heavy atom. The van der Waals surface area contributed by atoms with Crippen LogP contribution in [0.15, 0.2) is 48.5 Å². The highest BCUT2D eigenvalue weighted by atomic mass is 35.5. The quantitative estimate of drug-likeness (QED) is 0.642. The molecule has 0 radical (unpaired) electrons. The van der Waals surface area contributed by atoms with Crippen LogP contribution in [-0.4, -0.2) is 29.3 Å². The summed E-state index contributed by atoms with van der Waals surface area (Å²) in [5.41, 5.74) is 3.09. The largest absolute Gasteiger partial charge is 0.354 e. The fourth-order valence-electron chi connectivity index (χ4n) is 3.09. The molecule has 4 nitrogen and oxygen atoms in total. The number of benzene rings is 2. The van der Waals surface area contributed by atoms with Crippen LogP contribution >= 0.6 is 11.6 Å². The van der Waals surface area contributed by atoms with Gasteiger partial charge in [0.25, 0.3) is 0 Å². The molecular formula is C24H31ClN2O2. The molecule has 0 aliphatic rings. The number of aryl methyl sites for hydroxylation is 2. The molecule has 0 spiro atoms. The molecule has 1 atom stereocenters. The van der Waals surface area contributed by atoms with E-state index >= 15 is 0 Å². The standard InChI is InChI=1S/C24H31ClN2O2/c1-17(2)15-26-24(29)19(4)27(16-21-11-6-5-9-18(21)3)23(28)14-13-20-10-7-8-12-22(20)25/h5-12,17,19H,13-16H2,1-4H3,(H,26,29)/t19-/m1/s1. The molecule has 0 saturated heterocycles. The number of hydrogen-bond acceptors (Lipinski definition) is 2. The number of hydrogen-bond donors (Lipinski definition) is 1. The first kappa shape index (κ1) is 23.0. The summed E-state index contributed by atoms with van der Waals surface area (Å²) in [5.74, 6) is 0.172. The van der Waals surface area contributed by atoms with Crippen molar-refractivity contribution in [3.63, 3.8) is 0 Å². The number of rotatable bonds is 9. The van der Waals surface area contributed by atoms with Crippen LogP contribution in [0.3, 0.4) is 0 Å². The summed E-state index contributed by atoms with van der Waals surface area (Å²) in [6, 6.07) is 15.0. The van der Waals surface area contributed by atoms with Gasteiger partial charge in [-0.1, -0.05) is 67.9 Å². The van der Waals surface area contributed by atoms with Crippen molar-refractivity contribution in [2.24, 2.45) is 5.92 Å². The molecule has 2 rings (SSSR count). The molecule has 156 valence electrons. The Balaban J connectivity index is 2.16. The Labute approximate surface area is 179 Å². The summed E-state index contributed by atoms with van der Waals surface area (Å²) in [7, 11) is 0. The third-order valence-corrected chi connectivity index (χ3v) is 5.39. The molecule has 0 saturated carbocycles. The van der Waals surface area contributed by atoms with Gasteiger partial charge in [0.1, 0.15) is 6.04 Å². The minimum Gasteiger partial charge on any atom is -0.354 e. The zero-order valence-corrected chi connectivity index (χ0v) is 18.5. The topological polar surface area (TPSA) is 49.4 Å². The maximum Gasteiger partial charge on any atom is 0.242 e. The molecule has 0 aliphatic heterocycles. The van der Waals surface area contributed by atoms with Crippen LogP contribution in [0.1, 0.15) is 43.9 Å². The Bertz CT molecular complexity index is 835. The third-order valence-electron chi connectivity index (χ3n) is 5.02. The molecule has 0 aromatic heterocycles. The second kappa shape index (κ2) is 11.0. The molecule has 2 amide bonds. The summed E-state index contributed by atoms with van der Waals surface area (Å²) < 4.78 is 0. The van der Waals surface area contributed by atoms with Crippen molar-refractivity contribution in [3.8, 4) is 0 Å². The molecule has 2 aromatic rings. The van der Waals surface area contributed by atoms with E-state index in [1.165, 1.54) is 0 Å². The van der Waals surface area contributed by atoms with Crippen molar-refractivity contribution >= 4 is 23.4 Å². The van der Waals surface area contributed by atoms with Crippen LogP contribution < -0.4 is 5.32 Å². The first-order valence-corrected chi connectivity index (χ1v) is 10.5. The second-order valence-corrected chi connectivity index (χ2v) is 8.26. The average Bonchev–Trinajstić information content (AvgIpc) is 2.70. The van der Waals surface area contributed by atoms with Gasteiger partial charge in [0, 0.05) is 24.5 Å². The molecule has 0 aliphatic carbocycles. The lowest BCUT2D eigenvalue weighted by molar-refractivity contribution is -0.140. The Morgan fingerprint density at radius 2 is 1.62 bits per heavy atom. The van der Waals surface area contributed by atoms with Crippen molar-refractivity contribution in [1.82, 2.24) is 10.2 Å². The number of amides is 2. The van der Waals surface area contributed by atoms with Crippen LogP contribution in [0.25, 0.3) is 0 Å². The highest BCUT2D eigenvalue weighted by molar-refractivity contribution is 6.31. The lowest BCUT2D eigenvalue weighted by atomic mass is 10.1. The van der Waals surface area contributed by atoms with Gasteiger partial charge in [-0.05, 0) is 48.9 Å². The van der Waals surface area contributed by atoms with Crippen LogP contribution in [0, 0.1) is 12.8 Å². The molecule has 5 heteroatoms. The molecule has 0 fully saturated rings. The monoisotopic (exact) mass is 414 g/mol. The predicted molar refractivity (Wildman–Crippen MR) is 119 cm³/mol. The average molecular weight is 415 g/mol. The third kappa shape index (κ3) is 6.90. The fraction of sp³-hybridized carbons (Fsp3) is 0.417. The van der Waals surface area contributed by atoms with Gasteiger partial charge < -0.3 is 10.2 Å². The first-order chi connectivity index (χ1) is 13.8. The lowest BCUT2D eigenvalue weighted by Gasteiger charge is -2.29. The van der Waals surface area contributed by atoms with Gasteiger partial charge >= 0.3 is 0 Å². The molecular weight excluding hydrogens is 384 g/mol. The van der Waals surface area contributed by atoms with Gasteiger partial charge in [-0.15, -0.1) is 0 Å². The summed E-state index contributed by atoms with van der Waals surface area (Å²) in [5, 5.41) is 3.61. The van der Waals surface area contributed by atoms with Gasteiger partial charge in [-0.2, -0.15) is 0 Å². The van der Waals surface area contributed by atoms with E-state index in [4.69, 9.17) is 11.6 Å². The fourth-order valence-corrected chi connectivity index (χ4v) is 3.32. The van der Waals surface area contributed by atoms with Gasteiger partial charge in [-0.3, -0.25) is 9.59 Å². The van der Waals surface area contributed by atoms with E-state index < -0.39 is 6.04 Å². The number of halogens is 1. The highest BCUT2D eigenvalue weighted by Gasteiger charge is 2.26. The molecule has 2 aromatic carbocycles. The summed E-state index contributed by atoms with van der Waals surface area (Å²) in [6.07, 6.45) is 0.848. The molecule has 1 N–H and O–H groups in total. The van der Waals surface area contributed by atoms with Crippen LogP contribution in [0.5, 0.6) is 0 Å². The number of nitrogens with zero attached hydrogens (tertiary/aromatic N) is 1. The first-order valence-electron chi connectivity index (χ1n) is 10.1. The van der Waals surface area contributed by atoms with E-state index in [0.29, 0.717) is 36.9 Å². The minimum absolute atomic E-state index is 0.0552. The van der Waals surface area contributed by atoms with E-state index in [1.807, 2.05) is 69.3 Å². The van der Waals surface area contributed by atoms with E-state index in [2.05, 4.69) is 5.32 Å². The van der Waals surface area contributed by atoms with Gasteiger partial charge in [0.15, 0.2) is 0 Å². The van der Waals surface area contributed by atoms with Gasteiger partial charge in [0.2, 0.25) is 11.8 Å². The van der Waals surface area contributed by atoms with E-state index in [0.717, 1.165) is 16.7 Å². The zero-order valence-electron chi connectivity index (χ0n) is 17.7. The van der Waals surface area contributed by atoms with Crippen molar-refractivity contribution in [2.45, 2.75) is 53.1 Å². The summed E-state index contributed by atoms with van der Waals surface area (Å²) >= 11 is 6.23. The van der Waals surface area contributed by atoms with Crippen molar-refractivity contribution in [3.05, 3.63) is 70.2 Å². The number of carbonyl (C=O) groups is 2. The number of nitrogens with one attached hydrogen (secondary N) is 1. The second-order valence-electron chi connectivity index (χ2n) is 7.85. The van der Waals surface area contributed by atoms with Crippen molar-refractivity contribution in [1.29, 1.82) is 0 Å². The Morgan fingerprint density at radius 3 is 2.24 bits per heavy atom. The van der Waals surface area contributed by atoms with Crippen LogP contribution in [-0.2, 0) is 22.6 Å². The van der Waals surface area contributed by atoms with Crippen LogP contribution in [0.4, 0.5) is 0 Å². The lowest BCUT2D eigenvalue weighted by Crippen LogP contribution is -2.48. The SMILES string of the molecule is Cc1ccccc1CN(C(=O)CCc1ccccc1Cl)[C@H](C)C(=O)NCC(C)C. The van der Waals surface area contributed by atoms with E-state index in [9.17, 15) is 9.59 Å². The maximum absolute atomic E-state index is 13.1. The van der Waals surface area contributed by atoms with E-state index in [-0.39, 0.29) is 11.8 Å². The van der Waals surface area contributed by atoms with Gasteiger partial charge in [0.05, 0.1) is 0 Å². The summed E-state index contributed by atoms with van der Waals surface area (Å²) in [6.45, 7) is 8.90. The number of carbonyl (C=O) groups excluding carboxylic acids is 2. The zero-order chi connectivity index (χ0) is 21.4. The smallest absolute Gasteiger partial charge is 0.242 e. The summed E-state index contributed by atoms with van der Waals surface area (Å²) in [4.78, 5) is 27.5. The van der Waals surface area contributed by atoms with Crippen molar-refractivity contribution < 1.29 is 9.59 Å². The Hall–Kier alpha value is -2.33. The molecule has 29 heavy (non-hydrogen) atoms. The maximum atomic E-state index is 13.1. The van der Waals surface area contributed by atoms with Crippen molar-refractivity contribution in [2.75, 3.05) is 6.54 Å². The molecule has 0 bridgehead atoms. The van der Waals surface area contributed by atoms with E-state index in [1.54, 1.807) is 11.8 Å². The normalized spacial score (nSPS) is 11.9. The van der Waals surface area contributed by atoms with Crippen LogP contribution in [0.2, 0.25) is 5.02 Å². The molecule has 0 unspecified atom stereocenters. The highest BCUT2D eigenvalue weighted by Crippen LogP contribution is 2.19.